The van der Waals surface area contributed by atoms with E-state index in [9.17, 15) is 0 Å². The molecule has 3 heteroatoms. The summed E-state index contributed by atoms with van der Waals surface area (Å²) in [5.74, 6) is 3.54. The van der Waals surface area contributed by atoms with E-state index in [4.69, 9.17) is 5.73 Å². The molecule has 17 heavy (non-hydrogen) atoms. The van der Waals surface area contributed by atoms with Crippen LogP contribution in [-0.4, -0.2) is 41.6 Å². The lowest BCUT2D eigenvalue weighted by molar-refractivity contribution is 0.0852. The summed E-state index contributed by atoms with van der Waals surface area (Å²) >= 11 is 2.12. The average molecular weight is 256 g/mol. The van der Waals surface area contributed by atoms with Crippen molar-refractivity contribution in [2.45, 2.75) is 57.5 Å². The van der Waals surface area contributed by atoms with Gasteiger partial charge in [-0.05, 0) is 43.2 Å². The lowest BCUT2D eigenvalue weighted by atomic mass is 9.90. The fraction of sp³-hybridized carbons (Fsp3) is 1.00. The average Bonchev–Trinajstić information content (AvgIpc) is 2.90. The van der Waals surface area contributed by atoms with Gasteiger partial charge in [0.15, 0.2) is 0 Å². The second-order valence-electron chi connectivity index (χ2n) is 5.55. The first-order chi connectivity index (χ1) is 8.36. The van der Waals surface area contributed by atoms with Crippen LogP contribution in [0.25, 0.3) is 0 Å². The molecule has 2 N–H and O–H groups in total. The third-order valence-corrected chi connectivity index (χ3v) is 5.77. The van der Waals surface area contributed by atoms with E-state index in [1.54, 1.807) is 0 Å². The molecule has 0 radical (unpaired) electrons. The van der Waals surface area contributed by atoms with E-state index < -0.39 is 0 Å². The molecule has 0 aromatic rings. The molecule has 2 fully saturated rings. The molecule has 0 bridgehead atoms. The molecule has 0 aromatic heterocycles. The predicted molar refractivity (Wildman–Crippen MR) is 77.5 cm³/mol. The van der Waals surface area contributed by atoms with Crippen molar-refractivity contribution in [3.63, 3.8) is 0 Å². The van der Waals surface area contributed by atoms with Crippen molar-refractivity contribution in [3.05, 3.63) is 0 Å². The third-order valence-electron chi connectivity index (χ3n) is 4.59. The van der Waals surface area contributed by atoms with Gasteiger partial charge in [0.25, 0.3) is 0 Å². The standard InChI is InChI=1S/C14H28N2S/c1-2-16(13-6-4-3-5-7-13)14(10-15)12-8-9-17-11-12/h12-14H,2-11,15H2,1H3. The normalized spacial score (nSPS) is 28.8. The molecule has 2 nitrogen and oxygen atoms in total. The summed E-state index contributed by atoms with van der Waals surface area (Å²) in [6.45, 7) is 4.36. The molecular weight excluding hydrogens is 228 g/mol. The third kappa shape index (κ3) is 3.39. The van der Waals surface area contributed by atoms with Crippen LogP contribution in [0.1, 0.15) is 45.4 Å². The summed E-state index contributed by atoms with van der Waals surface area (Å²) in [5, 5.41) is 0. The van der Waals surface area contributed by atoms with E-state index >= 15 is 0 Å². The number of rotatable bonds is 5. The van der Waals surface area contributed by atoms with Crippen molar-refractivity contribution in [1.82, 2.24) is 4.90 Å². The fourth-order valence-corrected chi connectivity index (χ4v) is 4.96. The largest absolute Gasteiger partial charge is 0.329 e. The number of nitrogens with zero attached hydrogens (tertiary/aromatic N) is 1. The number of likely N-dealkylation sites (N-methyl/N-ethyl adjacent to an activating group) is 1. The number of hydrogen-bond donors (Lipinski definition) is 1. The Balaban J connectivity index is 1.97. The molecule has 2 unspecified atom stereocenters. The highest BCUT2D eigenvalue weighted by molar-refractivity contribution is 7.99. The van der Waals surface area contributed by atoms with Gasteiger partial charge >= 0.3 is 0 Å². The highest BCUT2D eigenvalue weighted by atomic mass is 32.2. The first kappa shape index (κ1) is 13.7. The predicted octanol–water partition coefficient (Wildman–Crippen LogP) is 2.72. The summed E-state index contributed by atoms with van der Waals surface area (Å²) in [4.78, 5) is 2.75. The fourth-order valence-electron chi connectivity index (χ4n) is 3.63. The van der Waals surface area contributed by atoms with E-state index in [1.165, 1.54) is 56.6 Å². The van der Waals surface area contributed by atoms with Crippen LogP contribution in [0.15, 0.2) is 0 Å². The van der Waals surface area contributed by atoms with Crippen LogP contribution in [0.2, 0.25) is 0 Å². The molecule has 2 aliphatic rings. The molecule has 2 rings (SSSR count). The minimum absolute atomic E-state index is 0.651. The molecule has 1 saturated carbocycles. The maximum Gasteiger partial charge on any atom is 0.0257 e. The number of hydrogen-bond acceptors (Lipinski definition) is 3. The van der Waals surface area contributed by atoms with Crippen molar-refractivity contribution in [3.8, 4) is 0 Å². The highest BCUT2D eigenvalue weighted by Gasteiger charge is 2.32. The van der Waals surface area contributed by atoms with Crippen molar-refractivity contribution in [1.29, 1.82) is 0 Å². The van der Waals surface area contributed by atoms with Crippen molar-refractivity contribution in [2.24, 2.45) is 11.7 Å². The Kier molecular flexibility index (Phi) is 5.64. The molecule has 100 valence electrons. The van der Waals surface area contributed by atoms with Gasteiger partial charge in [-0.3, -0.25) is 4.90 Å². The van der Waals surface area contributed by atoms with Crippen LogP contribution in [-0.2, 0) is 0 Å². The lowest BCUT2D eigenvalue weighted by Crippen LogP contribution is -2.51. The van der Waals surface area contributed by atoms with Crippen LogP contribution in [0.4, 0.5) is 0 Å². The van der Waals surface area contributed by atoms with Gasteiger partial charge in [-0.25, -0.2) is 0 Å². The summed E-state index contributed by atoms with van der Waals surface area (Å²) in [6.07, 6.45) is 8.50. The second kappa shape index (κ2) is 7.01. The Morgan fingerprint density at radius 3 is 2.53 bits per heavy atom. The van der Waals surface area contributed by atoms with Gasteiger partial charge in [-0.2, -0.15) is 11.8 Å². The van der Waals surface area contributed by atoms with Crippen molar-refractivity contribution < 1.29 is 0 Å². The summed E-state index contributed by atoms with van der Waals surface area (Å²) in [6, 6.07) is 1.48. The van der Waals surface area contributed by atoms with Crippen LogP contribution < -0.4 is 5.73 Å². The molecule has 1 aliphatic carbocycles. The Labute approximate surface area is 111 Å². The van der Waals surface area contributed by atoms with E-state index in [0.717, 1.165) is 18.5 Å². The zero-order chi connectivity index (χ0) is 12.1. The van der Waals surface area contributed by atoms with Crippen LogP contribution >= 0.6 is 11.8 Å². The number of thioether (sulfide) groups is 1. The monoisotopic (exact) mass is 256 g/mol. The zero-order valence-electron chi connectivity index (χ0n) is 11.2. The summed E-state index contributed by atoms with van der Waals surface area (Å²) in [7, 11) is 0. The topological polar surface area (TPSA) is 29.3 Å². The Bertz CT molecular complexity index is 210. The van der Waals surface area contributed by atoms with E-state index in [0.29, 0.717) is 6.04 Å². The Hall–Kier alpha value is 0.270. The van der Waals surface area contributed by atoms with Gasteiger partial charge < -0.3 is 5.73 Å². The van der Waals surface area contributed by atoms with E-state index in [2.05, 4.69) is 23.6 Å². The minimum atomic E-state index is 0.651. The molecule has 2 atom stereocenters. The van der Waals surface area contributed by atoms with Gasteiger partial charge in [0.1, 0.15) is 0 Å². The maximum atomic E-state index is 6.08. The molecule has 1 aliphatic heterocycles. The Morgan fingerprint density at radius 2 is 2.00 bits per heavy atom. The second-order valence-corrected chi connectivity index (χ2v) is 6.70. The van der Waals surface area contributed by atoms with Crippen molar-refractivity contribution in [2.75, 3.05) is 24.6 Å². The lowest BCUT2D eigenvalue weighted by Gasteiger charge is -2.41. The minimum Gasteiger partial charge on any atom is -0.329 e. The quantitative estimate of drug-likeness (QED) is 0.820. The van der Waals surface area contributed by atoms with Gasteiger partial charge in [0.05, 0.1) is 0 Å². The number of nitrogens with two attached hydrogens (primary N) is 1. The smallest absolute Gasteiger partial charge is 0.0257 e. The molecular formula is C14H28N2S. The maximum absolute atomic E-state index is 6.08. The first-order valence-electron chi connectivity index (χ1n) is 7.40. The summed E-state index contributed by atoms with van der Waals surface area (Å²) < 4.78 is 0. The molecule has 0 aromatic carbocycles. The van der Waals surface area contributed by atoms with E-state index in [-0.39, 0.29) is 0 Å². The summed E-state index contributed by atoms with van der Waals surface area (Å²) in [5.41, 5.74) is 6.08. The molecule has 1 saturated heterocycles. The molecule has 0 spiro atoms. The van der Waals surface area contributed by atoms with Gasteiger partial charge in [0.2, 0.25) is 0 Å². The molecule has 1 heterocycles. The van der Waals surface area contributed by atoms with Crippen LogP contribution in [0, 0.1) is 5.92 Å². The van der Waals surface area contributed by atoms with Crippen molar-refractivity contribution >= 4 is 11.8 Å². The molecule has 0 amide bonds. The van der Waals surface area contributed by atoms with Crippen LogP contribution in [0.5, 0.6) is 0 Å². The van der Waals surface area contributed by atoms with Gasteiger partial charge in [-0.15, -0.1) is 0 Å². The van der Waals surface area contributed by atoms with E-state index in [1.807, 2.05) is 0 Å². The Morgan fingerprint density at radius 1 is 1.24 bits per heavy atom. The van der Waals surface area contributed by atoms with Gasteiger partial charge in [0, 0.05) is 18.6 Å². The van der Waals surface area contributed by atoms with Gasteiger partial charge in [-0.1, -0.05) is 26.2 Å². The van der Waals surface area contributed by atoms with Crippen LogP contribution in [0.3, 0.4) is 0 Å². The SMILES string of the molecule is CCN(C1CCCCC1)C(CN)C1CCSC1. The highest BCUT2D eigenvalue weighted by Crippen LogP contribution is 2.32. The first-order valence-corrected chi connectivity index (χ1v) is 8.55. The zero-order valence-corrected chi connectivity index (χ0v) is 12.1.